The summed E-state index contributed by atoms with van der Waals surface area (Å²) in [6.45, 7) is 5.71. The first-order valence-corrected chi connectivity index (χ1v) is 4.68. The molecule has 2 rings (SSSR count). The van der Waals surface area contributed by atoms with Gasteiger partial charge in [0.1, 0.15) is 0 Å². The Kier molecular flexibility index (Phi) is 2.08. The molecule has 4 nitrogen and oxygen atoms in total. The number of hydrogen-bond donors (Lipinski definition) is 1. The number of likely N-dealkylation sites (N-methyl/N-ethyl adjacent to an activating group) is 1. The fourth-order valence-electron chi connectivity index (χ4n) is 1.80. The van der Waals surface area contributed by atoms with E-state index in [1.54, 1.807) is 7.05 Å². The first-order valence-electron chi connectivity index (χ1n) is 4.68. The molecule has 0 aromatic rings. The lowest BCUT2D eigenvalue weighted by atomic mass is 10.1. The number of piperazine rings is 1. The Morgan fingerprint density at radius 2 is 1.92 bits per heavy atom. The number of nitrogens with one attached hydrogen (secondary N) is 1. The van der Waals surface area contributed by atoms with Crippen LogP contribution >= 0.6 is 0 Å². The van der Waals surface area contributed by atoms with Crippen molar-refractivity contribution in [2.45, 2.75) is 6.04 Å². The van der Waals surface area contributed by atoms with Crippen LogP contribution < -0.4 is 5.32 Å². The van der Waals surface area contributed by atoms with Crippen LogP contribution in [0.2, 0.25) is 0 Å². The largest absolute Gasteiger partial charge is 0.633 e. The molecule has 0 unspecified atom stereocenters. The van der Waals surface area contributed by atoms with E-state index in [1.165, 1.54) is 0 Å². The normalized spacial score (nSPS) is 31.5. The zero-order chi connectivity index (χ0) is 8.60. The van der Waals surface area contributed by atoms with Gasteiger partial charge in [0.25, 0.3) is 0 Å². The number of rotatable bonds is 1. The van der Waals surface area contributed by atoms with Gasteiger partial charge in [-0.15, -0.1) is 0 Å². The Hall–Kier alpha value is -0.160. The van der Waals surface area contributed by atoms with Gasteiger partial charge in [-0.1, -0.05) is 0 Å². The van der Waals surface area contributed by atoms with Gasteiger partial charge in [-0.05, 0) is 0 Å². The highest BCUT2D eigenvalue weighted by atomic mass is 16.5. The van der Waals surface area contributed by atoms with Gasteiger partial charge in [0.2, 0.25) is 0 Å². The standard InChI is InChI=1S/C8H17N3O/c1-11(12)4-2-10(3-5-11)8-6-9-7-8/h8-9H,2-7H2,1H3. The second kappa shape index (κ2) is 2.96. The molecule has 2 aliphatic heterocycles. The lowest BCUT2D eigenvalue weighted by Crippen LogP contribution is -2.63. The van der Waals surface area contributed by atoms with E-state index < -0.39 is 0 Å². The monoisotopic (exact) mass is 171 g/mol. The minimum atomic E-state index is -0.0450. The second-order valence-electron chi connectivity index (χ2n) is 4.09. The zero-order valence-electron chi connectivity index (χ0n) is 7.62. The minimum Gasteiger partial charge on any atom is -0.633 e. The van der Waals surface area contributed by atoms with Crippen LogP contribution in [0.15, 0.2) is 0 Å². The first kappa shape index (κ1) is 8.44. The predicted octanol–water partition coefficient (Wildman–Crippen LogP) is -0.782. The average molecular weight is 171 g/mol. The van der Waals surface area contributed by atoms with E-state index in [2.05, 4.69) is 10.2 Å². The molecule has 2 fully saturated rings. The number of nitrogens with zero attached hydrogens (tertiary/aromatic N) is 2. The van der Waals surface area contributed by atoms with E-state index >= 15 is 0 Å². The molecule has 70 valence electrons. The van der Waals surface area contributed by atoms with E-state index in [0.29, 0.717) is 6.04 Å². The van der Waals surface area contributed by atoms with Crippen LogP contribution in [-0.4, -0.2) is 61.9 Å². The van der Waals surface area contributed by atoms with Crippen molar-refractivity contribution < 1.29 is 4.65 Å². The van der Waals surface area contributed by atoms with Gasteiger partial charge in [0, 0.05) is 32.2 Å². The summed E-state index contributed by atoms with van der Waals surface area (Å²) in [5, 5.41) is 14.7. The quantitative estimate of drug-likeness (QED) is 0.415. The van der Waals surface area contributed by atoms with Crippen molar-refractivity contribution in [2.24, 2.45) is 0 Å². The average Bonchev–Trinajstić information content (AvgIpc) is 1.89. The maximum Gasteiger partial charge on any atom is 0.0911 e. The third-order valence-corrected chi connectivity index (χ3v) is 3.00. The summed E-state index contributed by atoms with van der Waals surface area (Å²) in [7, 11) is 1.77. The maximum atomic E-state index is 11.5. The van der Waals surface area contributed by atoms with Crippen LogP contribution in [0.25, 0.3) is 0 Å². The topological polar surface area (TPSA) is 38.3 Å². The highest BCUT2D eigenvalue weighted by Crippen LogP contribution is 2.12. The summed E-state index contributed by atoms with van der Waals surface area (Å²) in [6, 6.07) is 0.713. The van der Waals surface area contributed by atoms with E-state index in [1.807, 2.05) is 0 Å². The Morgan fingerprint density at radius 3 is 2.33 bits per heavy atom. The van der Waals surface area contributed by atoms with Crippen LogP contribution in [0.1, 0.15) is 0 Å². The minimum absolute atomic E-state index is 0.0450. The van der Waals surface area contributed by atoms with Gasteiger partial charge < -0.3 is 15.2 Å². The Balaban J connectivity index is 1.81. The molecule has 0 radical (unpaired) electrons. The summed E-state index contributed by atoms with van der Waals surface area (Å²) >= 11 is 0. The van der Waals surface area contributed by atoms with Crippen LogP contribution in [0.3, 0.4) is 0 Å². The zero-order valence-corrected chi connectivity index (χ0v) is 7.62. The molecule has 4 heteroatoms. The van der Waals surface area contributed by atoms with E-state index in [-0.39, 0.29) is 4.65 Å². The lowest BCUT2D eigenvalue weighted by Gasteiger charge is -2.49. The fraction of sp³-hybridized carbons (Fsp3) is 1.00. The molecule has 0 amide bonds. The van der Waals surface area contributed by atoms with E-state index in [4.69, 9.17) is 0 Å². The van der Waals surface area contributed by atoms with E-state index in [0.717, 1.165) is 39.3 Å². The van der Waals surface area contributed by atoms with Gasteiger partial charge in [-0.2, -0.15) is 0 Å². The summed E-state index contributed by atoms with van der Waals surface area (Å²) in [6.07, 6.45) is 0. The number of quaternary nitrogens is 1. The molecule has 2 aliphatic rings. The second-order valence-corrected chi connectivity index (χ2v) is 4.09. The van der Waals surface area contributed by atoms with Gasteiger partial charge in [-0.25, -0.2) is 0 Å². The summed E-state index contributed by atoms with van der Waals surface area (Å²) < 4.78 is -0.0450. The van der Waals surface area contributed by atoms with Gasteiger partial charge >= 0.3 is 0 Å². The third-order valence-electron chi connectivity index (χ3n) is 3.00. The van der Waals surface area contributed by atoms with Crippen molar-refractivity contribution >= 4 is 0 Å². The number of hydrogen-bond acceptors (Lipinski definition) is 3. The molecule has 0 aliphatic carbocycles. The van der Waals surface area contributed by atoms with Crippen molar-refractivity contribution in [1.29, 1.82) is 0 Å². The van der Waals surface area contributed by atoms with Gasteiger partial charge in [0.05, 0.1) is 20.1 Å². The molecule has 2 saturated heterocycles. The van der Waals surface area contributed by atoms with Gasteiger partial charge in [0.15, 0.2) is 0 Å². The van der Waals surface area contributed by atoms with Crippen molar-refractivity contribution in [3.8, 4) is 0 Å². The highest BCUT2D eigenvalue weighted by molar-refractivity contribution is 4.85. The smallest absolute Gasteiger partial charge is 0.0911 e. The molecule has 0 bridgehead atoms. The van der Waals surface area contributed by atoms with Gasteiger partial charge in [-0.3, -0.25) is 4.90 Å². The first-order chi connectivity index (χ1) is 5.67. The highest BCUT2D eigenvalue weighted by Gasteiger charge is 2.29. The summed E-state index contributed by atoms with van der Waals surface area (Å²) in [5.74, 6) is 0. The molecule has 2 heterocycles. The predicted molar refractivity (Wildman–Crippen MR) is 47.5 cm³/mol. The summed E-state index contributed by atoms with van der Waals surface area (Å²) in [5.41, 5.74) is 0. The SMILES string of the molecule is C[N+]1([O-])CCN(C2CNC2)CC1. The van der Waals surface area contributed by atoms with E-state index in [9.17, 15) is 5.21 Å². The third kappa shape index (κ3) is 1.61. The maximum absolute atomic E-state index is 11.5. The lowest BCUT2D eigenvalue weighted by molar-refractivity contribution is -0.865. The van der Waals surface area contributed by atoms with Crippen LogP contribution in [0.4, 0.5) is 0 Å². The Labute approximate surface area is 73.3 Å². The van der Waals surface area contributed by atoms with Crippen LogP contribution in [0.5, 0.6) is 0 Å². The molecule has 0 spiro atoms. The van der Waals surface area contributed by atoms with Crippen LogP contribution in [-0.2, 0) is 0 Å². The van der Waals surface area contributed by atoms with Crippen molar-refractivity contribution in [1.82, 2.24) is 10.2 Å². The van der Waals surface area contributed by atoms with Crippen LogP contribution in [0, 0.1) is 5.21 Å². The van der Waals surface area contributed by atoms with Crippen molar-refractivity contribution in [3.63, 3.8) is 0 Å². The molecule has 0 atom stereocenters. The Morgan fingerprint density at radius 1 is 1.33 bits per heavy atom. The molecule has 0 aromatic carbocycles. The number of hydroxylamine groups is 3. The molecule has 0 saturated carbocycles. The Bertz CT molecular complexity index is 158. The summed E-state index contributed by atoms with van der Waals surface area (Å²) in [4.78, 5) is 2.44. The molecular weight excluding hydrogens is 154 g/mol. The molecule has 0 aromatic heterocycles. The van der Waals surface area contributed by atoms with Crippen molar-refractivity contribution in [3.05, 3.63) is 5.21 Å². The molecular formula is C8H17N3O. The molecule has 12 heavy (non-hydrogen) atoms. The fourth-order valence-corrected chi connectivity index (χ4v) is 1.80. The molecule has 1 N–H and O–H groups in total. The van der Waals surface area contributed by atoms with Crippen molar-refractivity contribution in [2.75, 3.05) is 46.3 Å².